The molecule has 21 heavy (non-hydrogen) atoms. The van der Waals surface area contributed by atoms with E-state index in [1.54, 1.807) is 0 Å². The van der Waals surface area contributed by atoms with Crippen molar-refractivity contribution in [2.75, 3.05) is 6.54 Å². The molecule has 0 aliphatic heterocycles. The minimum Gasteiger partial charge on any atom is -0.351 e. The van der Waals surface area contributed by atoms with Crippen LogP contribution in [0.5, 0.6) is 0 Å². The molecule has 2 aromatic rings. The summed E-state index contributed by atoms with van der Waals surface area (Å²) in [6.07, 6.45) is 0. The molecule has 0 aliphatic carbocycles. The van der Waals surface area contributed by atoms with Crippen LogP contribution in [0.2, 0.25) is 0 Å². The average Bonchev–Trinajstić information content (AvgIpc) is 2.52. The summed E-state index contributed by atoms with van der Waals surface area (Å²) in [7, 11) is 0. The molecular weight excluding hydrogens is 260 g/mol. The maximum absolute atomic E-state index is 11.9. The van der Waals surface area contributed by atoms with Gasteiger partial charge in [-0.05, 0) is 30.5 Å². The fourth-order valence-electron chi connectivity index (χ4n) is 2.17. The summed E-state index contributed by atoms with van der Waals surface area (Å²) in [6, 6.07) is 18.4. The normalized spacial score (nSPS) is 11.9. The summed E-state index contributed by atoms with van der Waals surface area (Å²) in [5.41, 5.74) is 3.54. The SMILES string of the molecule is Cc1ccccc1CNC(=O)CN[C@H](C)c1ccccc1. The van der Waals surface area contributed by atoms with E-state index in [0.29, 0.717) is 13.1 Å². The maximum Gasteiger partial charge on any atom is 0.234 e. The predicted molar refractivity (Wildman–Crippen MR) is 85.9 cm³/mol. The van der Waals surface area contributed by atoms with Crippen LogP contribution in [0.3, 0.4) is 0 Å². The first-order valence-electron chi connectivity index (χ1n) is 7.26. The Balaban J connectivity index is 1.76. The molecule has 0 aliphatic rings. The number of amides is 1. The second-order valence-corrected chi connectivity index (χ2v) is 5.22. The van der Waals surface area contributed by atoms with Gasteiger partial charge in [0.2, 0.25) is 5.91 Å². The number of carbonyl (C=O) groups excluding carboxylic acids is 1. The zero-order valence-electron chi connectivity index (χ0n) is 12.6. The average molecular weight is 282 g/mol. The first-order chi connectivity index (χ1) is 10.2. The van der Waals surface area contributed by atoms with E-state index < -0.39 is 0 Å². The van der Waals surface area contributed by atoms with Crippen LogP contribution in [0.25, 0.3) is 0 Å². The van der Waals surface area contributed by atoms with Gasteiger partial charge < -0.3 is 10.6 Å². The highest BCUT2D eigenvalue weighted by atomic mass is 16.1. The summed E-state index contributed by atoms with van der Waals surface area (Å²) in [5, 5.41) is 6.18. The summed E-state index contributed by atoms with van der Waals surface area (Å²) in [6.45, 7) is 5.01. The fraction of sp³-hybridized carbons (Fsp3) is 0.278. The Labute approximate surface area is 126 Å². The van der Waals surface area contributed by atoms with Crippen LogP contribution in [0.4, 0.5) is 0 Å². The van der Waals surface area contributed by atoms with Crippen molar-refractivity contribution in [1.29, 1.82) is 0 Å². The van der Waals surface area contributed by atoms with E-state index in [0.717, 1.165) is 5.56 Å². The Hall–Kier alpha value is -2.13. The Morgan fingerprint density at radius 3 is 2.43 bits per heavy atom. The van der Waals surface area contributed by atoms with Crippen LogP contribution < -0.4 is 10.6 Å². The fourth-order valence-corrected chi connectivity index (χ4v) is 2.17. The van der Waals surface area contributed by atoms with Gasteiger partial charge in [0.1, 0.15) is 0 Å². The lowest BCUT2D eigenvalue weighted by Crippen LogP contribution is -2.34. The molecule has 0 fully saturated rings. The maximum atomic E-state index is 11.9. The lowest BCUT2D eigenvalue weighted by Gasteiger charge is -2.14. The van der Waals surface area contributed by atoms with Gasteiger partial charge in [-0.2, -0.15) is 0 Å². The third kappa shape index (κ3) is 4.72. The van der Waals surface area contributed by atoms with Crippen molar-refractivity contribution in [2.45, 2.75) is 26.4 Å². The highest BCUT2D eigenvalue weighted by Gasteiger charge is 2.07. The molecule has 2 aromatic carbocycles. The smallest absolute Gasteiger partial charge is 0.234 e. The van der Waals surface area contributed by atoms with E-state index in [1.807, 2.05) is 36.4 Å². The lowest BCUT2D eigenvalue weighted by molar-refractivity contribution is -0.120. The van der Waals surface area contributed by atoms with E-state index in [-0.39, 0.29) is 11.9 Å². The van der Waals surface area contributed by atoms with E-state index in [1.165, 1.54) is 11.1 Å². The van der Waals surface area contributed by atoms with E-state index in [4.69, 9.17) is 0 Å². The molecule has 2 N–H and O–H groups in total. The molecule has 2 rings (SSSR count). The topological polar surface area (TPSA) is 41.1 Å². The molecule has 0 spiro atoms. The van der Waals surface area contributed by atoms with Crippen LogP contribution in [0.1, 0.15) is 29.7 Å². The predicted octanol–water partition coefficient (Wildman–Crippen LogP) is 2.96. The van der Waals surface area contributed by atoms with Gasteiger partial charge >= 0.3 is 0 Å². The van der Waals surface area contributed by atoms with E-state index in [9.17, 15) is 4.79 Å². The second-order valence-electron chi connectivity index (χ2n) is 5.22. The molecule has 0 saturated carbocycles. The summed E-state index contributed by atoms with van der Waals surface area (Å²) >= 11 is 0. The number of rotatable bonds is 6. The summed E-state index contributed by atoms with van der Waals surface area (Å²) < 4.78 is 0. The quantitative estimate of drug-likeness (QED) is 0.855. The van der Waals surface area contributed by atoms with Crippen molar-refractivity contribution >= 4 is 5.91 Å². The number of hydrogen-bond donors (Lipinski definition) is 2. The molecule has 0 radical (unpaired) electrons. The molecule has 0 unspecified atom stereocenters. The van der Waals surface area contributed by atoms with Crippen molar-refractivity contribution in [2.24, 2.45) is 0 Å². The van der Waals surface area contributed by atoms with Gasteiger partial charge in [-0.3, -0.25) is 4.79 Å². The minimum atomic E-state index is 0.0148. The number of nitrogens with one attached hydrogen (secondary N) is 2. The monoisotopic (exact) mass is 282 g/mol. The molecule has 3 nitrogen and oxygen atoms in total. The standard InChI is InChI=1S/C18H22N2O/c1-14-8-6-7-11-17(14)12-20-18(21)13-19-15(2)16-9-4-3-5-10-16/h3-11,15,19H,12-13H2,1-2H3,(H,20,21)/t15-/m1/s1. The zero-order chi connectivity index (χ0) is 15.1. The molecule has 0 heterocycles. The van der Waals surface area contributed by atoms with Gasteiger partial charge in [0.25, 0.3) is 0 Å². The molecule has 0 bridgehead atoms. The van der Waals surface area contributed by atoms with Gasteiger partial charge in [-0.15, -0.1) is 0 Å². The zero-order valence-corrected chi connectivity index (χ0v) is 12.6. The third-order valence-corrected chi connectivity index (χ3v) is 3.61. The highest BCUT2D eigenvalue weighted by molar-refractivity contribution is 5.78. The van der Waals surface area contributed by atoms with Gasteiger partial charge in [0.05, 0.1) is 6.54 Å². The Morgan fingerprint density at radius 2 is 1.71 bits per heavy atom. The Kier molecular flexibility index (Phi) is 5.52. The van der Waals surface area contributed by atoms with Crippen molar-refractivity contribution in [3.05, 3.63) is 71.3 Å². The first kappa shape index (κ1) is 15.3. The van der Waals surface area contributed by atoms with Gasteiger partial charge in [0.15, 0.2) is 0 Å². The number of carbonyl (C=O) groups is 1. The van der Waals surface area contributed by atoms with Crippen molar-refractivity contribution in [1.82, 2.24) is 10.6 Å². The number of hydrogen-bond acceptors (Lipinski definition) is 2. The van der Waals surface area contributed by atoms with Gasteiger partial charge in [-0.25, -0.2) is 0 Å². The first-order valence-corrected chi connectivity index (χ1v) is 7.26. The van der Waals surface area contributed by atoms with Crippen LogP contribution in [0.15, 0.2) is 54.6 Å². The Morgan fingerprint density at radius 1 is 1.05 bits per heavy atom. The second kappa shape index (κ2) is 7.60. The molecule has 110 valence electrons. The van der Waals surface area contributed by atoms with Crippen LogP contribution in [-0.2, 0) is 11.3 Å². The van der Waals surface area contributed by atoms with Gasteiger partial charge in [0, 0.05) is 12.6 Å². The lowest BCUT2D eigenvalue weighted by atomic mass is 10.1. The molecule has 1 amide bonds. The third-order valence-electron chi connectivity index (χ3n) is 3.61. The largest absolute Gasteiger partial charge is 0.351 e. The molecule has 0 saturated heterocycles. The van der Waals surface area contributed by atoms with Crippen LogP contribution in [0, 0.1) is 6.92 Å². The summed E-state index contributed by atoms with van der Waals surface area (Å²) in [4.78, 5) is 11.9. The van der Waals surface area contributed by atoms with Crippen molar-refractivity contribution < 1.29 is 4.79 Å². The molecular formula is C18H22N2O. The van der Waals surface area contributed by atoms with Gasteiger partial charge in [-0.1, -0.05) is 54.6 Å². The minimum absolute atomic E-state index is 0.0148. The van der Waals surface area contributed by atoms with Crippen LogP contribution in [-0.4, -0.2) is 12.5 Å². The number of aryl methyl sites for hydroxylation is 1. The van der Waals surface area contributed by atoms with Crippen molar-refractivity contribution in [3.8, 4) is 0 Å². The molecule has 3 heteroatoms. The molecule has 0 aromatic heterocycles. The number of benzene rings is 2. The highest BCUT2D eigenvalue weighted by Crippen LogP contribution is 2.10. The van der Waals surface area contributed by atoms with E-state index >= 15 is 0 Å². The van der Waals surface area contributed by atoms with E-state index in [2.05, 4.69) is 42.7 Å². The summed E-state index contributed by atoms with van der Waals surface area (Å²) in [5.74, 6) is 0.0148. The van der Waals surface area contributed by atoms with Crippen molar-refractivity contribution in [3.63, 3.8) is 0 Å². The van der Waals surface area contributed by atoms with Crippen LogP contribution >= 0.6 is 0 Å². The Bertz CT molecular complexity index is 581. The molecule has 1 atom stereocenters.